The molecule has 0 amide bonds. The Morgan fingerprint density at radius 1 is 1.10 bits per heavy atom. The molecule has 31 heavy (non-hydrogen) atoms. The van der Waals surface area contributed by atoms with E-state index in [1.165, 1.54) is 18.4 Å². The maximum Gasteiger partial charge on any atom is 0.246 e. The number of aliphatic imine (C=N–C) groups is 1. The summed E-state index contributed by atoms with van der Waals surface area (Å²) in [7, 11) is 1.76. The van der Waals surface area contributed by atoms with Gasteiger partial charge in [-0.2, -0.15) is 4.98 Å². The molecule has 2 heterocycles. The van der Waals surface area contributed by atoms with Crippen molar-refractivity contribution in [1.29, 1.82) is 0 Å². The van der Waals surface area contributed by atoms with Gasteiger partial charge in [0, 0.05) is 24.2 Å². The zero-order valence-electron chi connectivity index (χ0n) is 17.6. The van der Waals surface area contributed by atoms with Crippen molar-refractivity contribution >= 4 is 17.6 Å². The molecule has 1 atom stereocenters. The highest BCUT2D eigenvalue weighted by Crippen LogP contribution is 2.24. The lowest BCUT2D eigenvalue weighted by Gasteiger charge is -2.28. The van der Waals surface area contributed by atoms with E-state index in [-0.39, 0.29) is 0 Å². The van der Waals surface area contributed by atoms with Crippen LogP contribution in [0.1, 0.15) is 30.3 Å². The molecule has 3 aromatic rings. The van der Waals surface area contributed by atoms with E-state index in [1.807, 2.05) is 12.1 Å². The maximum atomic E-state index is 5.94. The molecule has 0 bridgehead atoms. The smallest absolute Gasteiger partial charge is 0.246 e. The fraction of sp³-hybridized carbons (Fsp3) is 0.348. The van der Waals surface area contributed by atoms with Gasteiger partial charge in [-0.05, 0) is 55.8 Å². The Balaban J connectivity index is 1.34. The molecule has 0 saturated carbocycles. The summed E-state index contributed by atoms with van der Waals surface area (Å²) in [4.78, 5) is 11.3. The van der Waals surface area contributed by atoms with Crippen LogP contribution in [0.5, 0.6) is 0 Å². The molecule has 0 spiro atoms. The number of nitrogens with one attached hydrogen (secondary N) is 2. The van der Waals surface area contributed by atoms with E-state index in [0.717, 1.165) is 25.2 Å². The topological polar surface area (TPSA) is 78.6 Å². The Hall–Kier alpha value is -2.90. The molecule has 1 aliphatic heterocycles. The molecule has 2 N–H and O–H groups in total. The zero-order valence-corrected chi connectivity index (χ0v) is 18.3. The highest BCUT2D eigenvalue weighted by Gasteiger charge is 2.23. The predicted octanol–water partition coefficient (Wildman–Crippen LogP) is 3.89. The first-order valence-electron chi connectivity index (χ1n) is 10.5. The lowest BCUT2D eigenvalue weighted by Crippen LogP contribution is -2.42. The van der Waals surface area contributed by atoms with Crippen LogP contribution in [0.4, 0.5) is 0 Å². The van der Waals surface area contributed by atoms with Gasteiger partial charge in [0.05, 0.1) is 12.6 Å². The standard InChI is InChI=1S/C23H27ClN6O/c1-25-23(26-15-20(30-13-5-6-14-30)17-7-3-2-4-8-17)27-16-21-28-22(29-31-21)18-9-11-19(24)12-10-18/h2-4,7-12,20H,5-6,13-16H2,1H3,(H2,25,26,27). The average Bonchev–Trinajstić information content (AvgIpc) is 3.50. The molecule has 0 aliphatic carbocycles. The van der Waals surface area contributed by atoms with Crippen LogP contribution in [0, 0.1) is 0 Å². The van der Waals surface area contributed by atoms with Crippen molar-refractivity contribution in [2.24, 2.45) is 4.99 Å². The predicted molar refractivity (Wildman–Crippen MR) is 123 cm³/mol. The number of nitrogens with zero attached hydrogens (tertiary/aromatic N) is 4. The summed E-state index contributed by atoms with van der Waals surface area (Å²) in [5.74, 6) is 1.73. The Bertz CT molecular complexity index is 983. The van der Waals surface area contributed by atoms with E-state index < -0.39 is 0 Å². The maximum absolute atomic E-state index is 5.94. The van der Waals surface area contributed by atoms with Crippen LogP contribution in [0.3, 0.4) is 0 Å². The first kappa shape index (κ1) is 21.3. The van der Waals surface area contributed by atoms with Crippen molar-refractivity contribution in [3.05, 3.63) is 71.1 Å². The van der Waals surface area contributed by atoms with Gasteiger partial charge in [0.15, 0.2) is 5.96 Å². The molecular weight excluding hydrogens is 412 g/mol. The summed E-state index contributed by atoms with van der Waals surface area (Å²) in [5.41, 5.74) is 2.18. The molecule has 1 fully saturated rings. The number of halogens is 1. The van der Waals surface area contributed by atoms with Crippen molar-refractivity contribution in [1.82, 2.24) is 25.7 Å². The summed E-state index contributed by atoms with van der Waals surface area (Å²) < 4.78 is 5.37. The second-order valence-corrected chi connectivity index (χ2v) is 7.93. The van der Waals surface area contributed by atoms with E-state index in [2.05, 4.69) is 61.0 Å². The number of hydrogen-bond donors (Lipinski definition) is 2. The highest BCUT2D eigenvalue weighted by atomic mass is 35.5. The van der Waals surface area contributed by atoms with Crippen molar-refractivity contribution in [3.8, 4) is 11.4 Å². The summed E-state index contributed by atoms with van der Waals surface area (Å²) in [6.07, 6.45) is 2.51. The highest BCUT2D eigenvalue weighted by molar-refractivity contribution is 6.30. The minimum Gasteiger partial charge on any atom is -0.354 e. The lowest BCUT2D eigenvalue weighted by atomic mass is 10.1. The summed E-state index contributed by atoms with van der Waals surface area (Å²) in [6.45, 7) is 3.41. The second-order valence-electron chi connectivity index (χ2n) is 7.49. The van der Waals surface area contributed by atoms with Gasteiger partial charge >= 0.3 is 0 Å². The normalized spacial score (nSPS) is 15.7. The van der Waals surface area contributed by atoms with E-state index in [4.69, 9.17) is 16.1 Å². The Morgan fingerprint density at radius 3 is 2.55 bits per heavy atom. The number of benzene rings is 2. The van der Waals surface area contributed by atoms with E-state index in [9.17, 15) is 0 Å². The van der Waals surface area contributed by atoms with Gasteiger partial charge in [-0.1, -0.05) is 47.1 Å². The van der Waals surface area contributed by atoms with E-state index in [1.54, 1.807) is 19.2 Å². The van der Waals surface area contributed by atoms with Crippen LogP contribution in [0.2, 0.25) is 5.02 Å². The third-order valence-corrected chi connectivity index (χ3v) is 5.68. The minimum absolute atomic E-state index is 0.308. The Morgan fingerprint density at radius 2 is 1.84 bits per heavy atom. The first-order valence-corrected chi connectivity index (χ1v) is 10.9. The summed E-state index contributed by atoms with van der Waals surface area (Å²) in [6, 6.07) is 18.3. The molecule has 2 aromatic carbocycles. The van der Waals surface area contributed by atoms with Crippen molar-refractivity contribution in [2.45, 2.75) is 25.4 Å². The third-order valence-electron chi connectivity index (χ3n) is 5.43. The van der Waals surface area contributed by atoms with Crippen LogP contribution in [0.15, 0.2) is 64.1 Å². The van der Waals surface area contributed by atoms with Gasteiger partial charge in [-0.25, -0.2) is 0 Å². The second kappa shape index (κ2) is 10.4. The van der Waals surface area contributed by atoms with Crippen LogP contribution in [-0.2, 0) is 6.54 Å². The van der Waals surface area contributed by atoms with Gasteiger partial charge in [-0.3, -0.25) is 9.89 Å². The van der Waals surface area contributed by atoms with Crippen molar-refractivity contribution in [3.63, 3.8) is 0 Å². The fourth-order valence-electron chi connectivity index (χ4n) is 3.80. The Labute approximate surface area is 187 Å². The molecule has 162 valence electrons. The molecule has 1 aliphatic rings. The number of rotatable bonds is 7. The van der Waals surface area contributed by atoms with Crippen molar-refractivity contribution < 1.29 is 4.52 Å². The molecule has 1 unspecified atom stereocenters. The van der Waals surface area contributed by atoms with Gasteiger partial charge in [0.1, 0.15) is 0 Å². The van der Waals surface area contributed by atoms with Crippen molar-refractivity contribution in [2.75, 3.05) is 26.7 Å². The quantitative estimate of drug-likeness (QED) is 0.430. The van der Waals surface area contributed by atoms with Crippen LogP contribution in [0.25, 0.3) is 11.4 Å². The monoisotopic (exact) mass is 438 g/mol. The Kier molecular flexibility index (Phi) is 7.17. The summed E-state index contributed by atoms with van der Waals surface area (Å²) >= 11 is 5.94. The number of likely N-dealkylation sites (tertiary alicyclic amines) is 1. The average molecular weight is 439 g/mol. The van der Waals surface area contributed by atoms with Gasteiger partial charge < -0.3 is 15.2 Å². The molecule has 8 heteroatoms. The van der Waals surface area contributed by atoms with E-state index in [0.29, 0.717) is 35.3 Å². The largest absolute Gasteiger partial charge is 0.354 e. The molecule has 0 radical (unpaired) electrons. The number of hydrogen-bond acceptors (Lipinski definition) is 5. The minimum atomic E-state index is 0.308. The molecule has 7 nitrogen and oxygen atoms in total. The fourth-order valence-corrected chi connectivity index (χ4v) is 3.93. The summed E-state index contributed by atoms with van der Waals surface area (Å²) in [5, 5.41) is 11.4. The SMILES string of the molecule is CN=C(NCc1nc(-c2ccc(Cl)cc2)no1)NCC(c1ccccc1)N1CCCC1. The van der Waals surface area contributed by atoms with Crippen LogP contribution < -0.4 is 10.6 Å². The number of guanidine groups is 1. The van der Waals surface area contributed by atoms with Crippen LogP contribution >= 0.6 is 11.6 Å². The zero-order chi connectivity index (χ0) is 21.5. The molecule has 1 aromatic heterocycles. The van der Waals surface area contributed by atoms with Gasteiger partial charge in [0.25, 0.3) is 0 Å². The molecular formula is C23H27ClN6O. The lowest BCUT2D eigenvalue weighted by molar-refractivity contribution is 0.245. The van der Waals surface area contributed by atoms with Gasteiger partial charge in [-0.15, -0.1) is 0 Å². The molecule has 1 saturated heterocycles. The van der Waals surface area contributed by atoms with E-state index >= 15 is 0 Å². The molecule has 4 rings (SSSR count). The third kappa shape index (κ3) is 5.62. The first-order chi connectivity index (χ1) is 15.2. The number of aromatic nitrogens is 2. The van der Waals surface area contributed by atoms with Crippen LogP contribution in [-0.4, -0.2) is 47.7 Å². The van der Waals surface area contributed by atoms with Gasteiger partial charge in [0.2, 0.25) is 11.7 Å².